The van der Waals surface area contributed by atoms with Crippen LogP contribution in [0.15, 0.2) is 36.4 Å². The lowest BCUT2D eigenvalue weighted by molar-refractivity contribution is 0.348. The molecule has 3 rings (SSSR count). The summed E-state index contributed by atoms with van der Waals surface area (Å²) in [4.78, 5) is 0. The van der Waals surface area contributed by atoms with Gasteiger partial charge in [0.2, 0.25) is 0 Å². The monoisotopic (exact) mass is 254 g/mol. The Morgan fingerprint density at radius 1 is 0.895 bits per heavy atom. The molecule has 100 valence electrons. The number of hydrogen-bond acceptors (Lipinski definition) is 1. The number of hydrogen-bond donors (Lipinski definition) is 0. The van der Waals surface area contributed by atoms with E-state index in [1.165, 1.54) is 42.0 Å². The molecule has 0 spiro atoms. The Kier molecular flexibility index (Phi) is 3.46. The van der Waals surface area contributed by atoms with Crippen molar-refractivity contribution < 1.29 is 4.74 Å². The van der Waals surface area contributed by atoms with Crippen molar-refractivity contribution in [3.63, 3.8) is 0 Å². The van der Waals surface area contributed by atoms with Crippen LogP contribution in [0, 0.1) is 5.92 Å². The molecule has 0 aromatic heterocycles. The first-order valence-corrected chi connectivity index (χ1v) is 7.34. The highest BCUT2D eigenvalue weighted by atomic mass is 16.5. The highest BCUT2D eigenvalue weighted by Gasteiger charge is 2.19. The van der Waals surface area contributed by atoms with Gasteiger partial charge >= 0.3 is 0 Å². The van der Waals surface area contributed by atoms with E-state index in [-0.39, 0.29) is 0 Å². The average Bonchev–Trinajstić information content (AvgIpc) is 2.47. The van der Waals surface area contributed by atoms with Crippen molar-refractivity contribution in [2.24, 2.45) is 5.92 Å². The maximum absolute atomic E-state index is 5.28. The maximum Gasteiger partial charge on any atom is 0.119 e. The van der Waals surface area contributed by atoms with Gasteiger partial charge in [-0.15, -0.1) is 0 Å². The molecule has 2 aromatic carbocycles. The van der Waals surface area contributed by atoms with E-state index in [9.17, 15) is 0 Å². The Balaban J connectivity index is 1.89. The minimum atomic E-state index is 0.766. The van der Waals surface area contributed by atoms with Gasteiger partial charge in [0.15, 0.2) is 0 Å². The number of rotatable bonds is 2. The zero-order valence-corrected chi connectivity index (χ0v) is 11.9. The number of benzene rings is 2. The van der Waals surface area contributed by atoms with E-state index >= 15 is 0 Å². The normalized spacial score (nSPS) is 23.5. The van der Waals surface area contributed by atoms with E-state index in [1.807, 2.05) is 0 Å². The lowest BCUT2D eigenvalue weighted by atomic mass is 9.79. The van der Waals surface area contributed by atoms with E-state index in [4.69, 9.17) is 4.74 Å². The van der Waals surface area contributed by atoms with Crippen LogP contribution in [0.25, 0.3) is 10.8 Å². The van der Waals surface area contributed by atoms with Gasteiger partial charge in [0.1, 0.15) is 5.75 Å². The third kappa shape index (κ3) is 2.60. The second-order valence-corrected chi connectivity index (χ2v) is 5.93. The standard InChI is InChI=1S/C18H22O/c1-13-3-5-14(6-4-13)15-7-8-17-12-18(19-2)10-9-16(17)11-15/h7-14H,3-6H2,1-2H3. The van der Waals surface area contributed by atoms with E-state index in [1.54, 1.807) is 7.11 Å². The fraction of sp³-hybridized carbons (Fsp3) is 0.444. The van der Waals surface area contributed by atoms with Crippen LogP contribution in [0.5, 0.6) is 5.75 Å². The van der Waals surface area contributed by atoms with Crippen molar-refractivity contribution in [2.75, 3.05) is 7.11 Å². The predicted molar refractivity (Wildman–Crippen MR) is 80.9 cm³/mol. The van der Waals surface area contributed by atoms with Crippen LogP contribution < -0.4 is 4.74 Å². The topological polar surface area (TPSA) is 9.23 Å². The molecule has 1 aliphatic carbocycles. The molecule has 0 N–H and O–H groups in total. The van der Waals surface area contributed by atoms with Crippen molar-refractivity contribution in [2.45, 2.75) is 38.5 Å². The van der Waals surface area contributed by atoms with Gasteiger partial charge in [0.05, 0.1) is 7.11 Å². The highest BCUT2D eigenvalue weighted by Crippen LogP contribution is 2.36. The Hall–Kier alpha value is -1.50. The predicted octanol–water partition coefficient (Wildman–Crippen LogP) is 5.14. The molecule has 0 radical (unpaired) electrons. The molecule has 1 saturated carbocycles. The first-order valence-electron chi connectivity index (χ1n) is 7.34. The average molecular weight is 254 g/mol. The van der Waals surface area contributed by atoms with Crippen LogP contribution in [0.4, 0.5) is 0 Å². The summed E-state index contributed by atoms with van der Waals surface area (Å²) in [5.74, 6) is 2.62. The molecule has 0 unspecified atom stereocenters. The summed E-state index contributed by atoms with van der Waals surface area (Å²) in [6.45, 7) is 2.38. The lowest BCUT2D eigenvalue weighted by Crippen LogP contribution is -2.10. The van der Waals surface area contributed by atoms with Gasteiger partial charge in [-0.3, -0.25) is 0 Å². The minimum Gasteiger partial charge on any atom is -0.497 e. The molecule has 19 heavy (non-hydrogen) atoms. The fourth-order valence-corrected chi connectivity index (χ4v) is 3.22. The summed E-state index contributed by atoms with van der Waals surface area (Å²) in [6.07, 6.45) is 5.46. The zero-order chi connectivity index (χ0) is 13.2. The molecular weight excluding hydrogens is 232 g/mol. The van der Waals surface area contributed by atoms with Crippen molar-refractivity contribution in [1.29, 1.82) is 0 Å². The van der Waals surface area contributed by atoms with Crippen molar-refractivity contribution in [1.82, 2.24) is 0 Å². The smallest absolute Gasteiger partial charge is 0.119 e. The number of methoxy groups -OCH3 is 1. The number of ether oxygens (including phenoxy) is 1. The van der Waals surface area contributed by atoms with E-state index < -0.39 is 0 Å². The van der Waals surface area contributed by atoms with E-state index in [2.05, 4.69) is 43.3 Å². The number of fused-ring (bicyclic) bond motifs is 1. The molecule has 2 aromatic rings. The van der Waals surface area contributed by atoms with Crippen LogP contribution in [-0.2, 0) is 0 Å². The molecule has 1 fully saturated rings. The van der Waals surface area contributed by atoms with Gasteiger partial charge in [-0.25, -0.2) is 0 Å². The molecule has 0 aliphatic heterocycles. The summed E-state index contributed by atoms with van der Waals surface area (Å²) in [6, 6.07) is 13.3. The molecule has 0 atom stereocenters. The molecule has 1 aliphatic rings. The van der Waals surface area contributed by atoms with E-state index in [0.717, 1.165) is 17.6 Å². The second kappa shape index (κ2) is 5.24. The quantitative estimate of drug-likeness (QED) is 0.720. The van der Waals surface area contributed by atoms with Crippen LogP contribution >= 0.6 is 0 Å². The largest absolute Gasteiger partial charge is 0.497 e. The van der Waals surface area contributed by atoms with Crippen LogP contribution in [0.3, 0.4) is 0 Å². The first kappa shape index (κ1) is 12.5. The summed E-state index contributed by atoms with van der Waals surface area (Å²) in [5, 5.41) is 2.60. The molecule has 0 heterocycles. The van der Waals surface area contributed by atoms with Gasteiger partial charge < -0.3 is 4.74 Å². The first-order chi connectivity index (χ1) is 9.26. The summed E-state index contributed by atoms with van der Waals surface area (Å²) in [5.41, 5.74) is 1.52. The molecule has 0 amide bonds. The van der Waals surface area contributed by atoms with Gasteiger partial charge in [0.25, 0.3) is 0 Å². The minimum absolute atomic E-state index is 0.766. The Morgan fingerprint density at radius 2 is 1.58 bits per heavy atom. The summed E-state index contributed by atoms with van der Waals surface area (Å²) < 4.78 is 5.28. The fourth-order valence-electron chi connectivity index (χ4n) is 3.22. The maximum atomic E-state index is 5.28. The van der Waals surface area contributed by atoms with Gasteiger partial charge in [-0.1, -0.05) is 44.0 Å². The Morgan fingerprint density at radius 3 is 2.32 bits per heavy atom. The van der Waals surface area contributed by atoms with Crippen LogP contribution in [-0.4, -0.2) is 7.11 Å². The molecule has 0 saturated heterocycles. The third-order valence-corrected chi connectivity index (χ3v) is 4.56. The summed E-state index contributed by atoms with van der Waals surface area (Å²) >= 11 is 0. The van der Waals surface area contributed by atoms with Gasteiger partial charge in [-0.05, 0) is 53.1 Å². The van der Waals surface area contributed by atoms with Crippen LogP contribution in [0.1, 0.15) is 44.1 Å². The summed E-state index contributed by atoms with van der Waals surface area (Å²) in [7, 11) is 1.72. The lowest BCUT2D eigenvalue weighted by Gasteiger charge is -2.26. The van der Waals surface area contributed by atoms with E-state index in [0.29, 0.717) is 0 Å². The van der Waals surface area contributed by atoms with Crippen molar-refractivity contribution >= 4 is 10.8 Å². The zero-order valence-electron chi connectivity index (χ0n) is 11.9. The Labute approximate surface area is 115 Å². The molecule has 1 nitrogen and oxygen atoms in total. The molecular formula is C18H22O. The van der Waals surface area contributed by atoms with Crippen molar-refractivity contribution in [3.05, 3.63) is 42.0 Å². The molecule has 0 bridgehead atoms. The third-order valence-electron chi connectivity index (χ3n) is 4.56. The second-order valence-electron chi connectivity index (χ2n) is 5.93. The molecule has 1 heteroatoms. The SMILES string of the molecule is COc1ccc2cc(C3CCC(C)CC3)ccc2c1. The van der Waals surface area contributed by atoms with Crippen molar-refractivity contribution in [3.8, 4) is 5.75 Å². The Bertz CT molecular complexity index is 565. The van der Waals surface area contributed by atoms with Gasteiger partial charge in [0, 0.05) is 0 Å². The highest BCUT2D eigenvalue weighted by molar-refractivity contribution is 5.84. The van der Waals surface area contributed by atoms with Gasteiger partial charge in [-0.2, -0.15) is 0 Å². The van der Waals surface area contributed by atoms with Crippen LogP contribution in [0.2, 0.25) is 0 Å².